The van der Waals surface area contributed by atoms with Gasteiger partial charge in [0.2, 0.25) is 0 Å². The first kappa shape index (κ1) is 12.8. The van der Waals surface area contributed by atoms with E-state index in [1.165, 1.54) is 6.92 Å². The summed E-state index contributed by atoms with van der Waals surface area (Å²) in [6.45, 7) is 1.30. The van der Waals surface area contributed by atoms with Gasteiger partial charge in [-0.2, -0.15) is 0 Å². The van der Waals surface area contributed by atoms with Crippen molar-refractivity contribution in [3.05, 3.63) is 21.9 Å². The number of hydrogen-bond acceptors (Lipinski definition) is 3. The number of aromatic nitrogens is 1. The van der Waals surface area contributed by atoms with Crippen LogP contribution in [0.4, 0.5) is 8.78 Å². The topological polar surface area (TPSA) is 47.0 Å². The molecule has 8 heteroatoms. The highest BCUT2D eigenvalue weighted by molar-refractivity contribution is 9.10. The van der Waals surface area contributed by atoms with Gasteiger partial charge in [0.15, 0.2) is 0 Å². The number of hydrogen-bond donors (Lipinski definition) is 0. The molecule has 1 aromatic rings. The van der Waals surface area contributed by atoms with Crippen molar-refractivity contribution >= 4 is 35.7 Å². The molecule has 1 aromatic heterocycles. The zero-order valence-electron chi connectivity index (χ0n) is 7.34. The van der Waals surface area contributed by atoms with E-state index in [0.717, 1.165) is 6.07 Å². The summed E-state index contributed by atoms with van der Waals surface area (Å²) in [4.78, 5) is 3.20. The van der Waals surface area contributed by atoms with Crippen molar-refractivity contribution in [3.8, 4) is 0 Å². The average Bonchev–Trinajstić information content (AvgIpc) is 2.06. The third kappa shape index (κ3) is 2.85. The molecule has 0 radical (unpaired) electrons. The van der Waals surface area contributed by atoms with Crippen LogP contribution in [0.1, 0.15) is 17.8 Å². The summed E-state index contributed by atoms with van der Waals surface area (Å²) in [5, 5.41) is 0. The lowest BCUT2D eigenvalue weighted by atomic mass is 10.3. The van der Waals surface area contributed by atoms with Crippen molar-refractivity contribution in [2.45, 2.75) is 18.2 Å². The van der Waals surface area contributed by atoms with Gasteiger partial charge >= 0.3 is 0 Å². The Morgan fingerprint density at radius 2 is 2.07 bits per heavy atom. The third-order valence-corrected chi connectivity index (χ3v) is 3.69. The molecule has 15 heavy (non-hydrogen) atoms. The van der Waals surface area contributed by atoms with Crippen LogP contribution < -0.4 is 0 Å². The minimum absolute atomic E-state index is 0.0523. The number of pyridine rings is 1. The molecule has 1 heterocycles. The Kier molecular flexibility index (Phi) is 3.67. The molecular weight excluding hydrogens is 316 g/mol. The molecule has 0 amide bonds. The van der Waals surface area contributed by atoms with E-state index in [1.54, 1.807) is 0 Å². The molecule has 0 unspecified atom stereocenters. The quantitative estimate of drug-likeness (QED) is 0.787. The zero-order chi connectivity index (χ0) is 11.8. The highest BCUT2D eigenvalue weighted by atomic mass is 79.9. The largest absolute Gasteiger partial charge is 0.281 e. The van der Waals surface area contributed by atoms with Crippen molar-refractivity contribution in [1.82, 2.24) is 4.98 Å². The first-order valence-electron chi connectivity index (χ1n) is 3.63. The van der Waals surface area contributed by atoms with Gasteiger partial charge in [0.05, 0.1) is 5.69 Å². The van der Waals surface area contributed by atoms with Crippen molar-refractivity contribution in [1.29, 1.82) is 0 Å². The zero-order valence-corrected chi connectivity index (χ0v) is 10.5. The monoisotopic (exact) mass is 319 g/mol. The fourth-order valence-electron chi connectivity index (χ4n) is 0.983. The molecule has 0 bridgehead atoms. The fourth-order valence-corrected chi connectivity index (χ4v) is 2.75. The van der Waals surface area contributed by atoms with Crippen LogP contribution in [0.5, 0.6) is 0 Å². The van der Waals surface area contributed by atoms with Crippen LogP contribution >= 0.6 is 26.6 Å². The summed E-state index contributed by atoms with van der Waals surface area (Å²) in [7, 11) is 1.13. The summed E-state index contributed by atoms with van der Waals surface area (Å²) in [6.07, 6.45) is -2.77. The number of aryl methyl sites for hydroxylation is 1. The molecule has 0 aliphatic heterocycles. The molecule has 0 saturated carbocycles. The number of nitrogens with zero attached hydrogens (tertiary/aromatic N) is 1. The summed E-state index contributed by atoms with van der Waals surface area (Å²) in [5.74, 6) is 0. The van der Waals surface area contributed by atoms with Crippen molar-refractivity contribution in [3.63, 3.8) is 0 Å². The van der Waals surface area contributed by atoms with Gasteiger partial charge in [0.25, 0.3) is 15.5 Å². The second kappa shape index (κ2) is 4.31. The van der Waals surface area contributed by atoms with Gasteiger partial charge in [0.1, 0.15) is 10.6 Å². The summed E-state index contributed by atoms with van der Waals surface area (Å²) < 4.78 is 46.6. The lowest BCUT2D eigenvalue weighted by Crippen LogP contribution is -2.02. The maximum atomic E-state index is 12.4. The molecule has 0 saturated heterocycles. The van der Waals surface area contributed by atoms with Crippen LogP contribution in [0.15, 0.2) is 15.4 Å². The van der Waals surface area contributed by atoms with E-state index >= 15 is 0 Å². The van der Waals surface area contributed by atoms with Gasteiger partial charge in [-0.3, -0.25) is 0 Å². The molecule has 0 aliphatic rings. The van der Waals surface area contributed by atoms with Crippen LogP contribution in [0.2, 0.25) is 0 Å². The number of rotatable bonds is 2. The molecule has 0 spiro atoms. The van der Waals surface area contributed by atoms with E-state index in [-0.39, 0.29) is 15.1 Å². The molecule has 3 nitrogen and oxygen atoms in total. The Morgan fingerprint density at radius 1 is 1.53 bits per heavy atom. The highest BCUT2D eigenvalue weighted by Gasteiger charge is 2.21. The molecular formula is C7H5BrClF2NO2S. The van der Waals surface area contributed by atoms with Gasteiger partial charge < -0.3 is 0 Å². The maximum absolute atomic E-state index is 12.4. The van der Waals surface area contributed by atoms with Gasteiger partial charge in [0, 0.05) is 15.2 Å². The predicted molar refractivity (Wildman–Crippen MR) is 54.7 cm³/mol. The van der Waals surface area contributed by atoms with Crippen LogP contribution in [0.3, 0.4) is 0 Å². The highest BCUT2D eigenvalue weighted by Crippen LogP contribution is 2.30. The summed E-state index contributed by atoms with van der Waals surface area (Å²) in [5.41, 5.74) is -0.555. The molecule has 0 N–H and O–H groups in total. The van der Waals surface area contributed by atoms with Crippen molar-refractivity contribution in [2.75, 3.05) is 0 Å². The smallest absolute Gasteiger partial charge is 0.250 e. The normalized spacial score (nSPS) is 12.1. The first-order valence-corrected chi connectivity index (χ1v) is 6.73. The second-order valence-corrected chi connectivity index (χ2v) is 6.07. The Labute approximate surface area is 98.0 Å². The van der Waals surface area contributed by atoms with Gasteiger partial charge in [-0.15, -0.1) is 0 Å². The SMILES string of the molecule is Cc1nc(C(F)F)c(Br)cc1S(=O)(=O)Cl. The third-order valence-electron chi connectivity index (χ3n) is 1.62. The summed E-state index contributed by atoms with van der Waals surface area (Å²) >= 11 is 2.81. The minimum Gasteiger partial charge on any atom is -0.250 e. The van der Waals surface area contributed by atoms with E-state index in [1.807, 2.05) is 0 Å². The molecule has 1 rings (SSSR count). The maximum Gasteiger partial charge on any atom is 0.281 e. The van der Waals surface area contributed by atoms with Gasteiger partial charge in [-0.1, -0.05) is 0 Å². The Bertz CT molecular complexity index is 492. The van der Waals surface area contributed by atoms with Crippen molar-refractivity contribution in [2.24, 2.45) is 0 Å². The fraction of sp³-hybridized carbons (Fsp3) is 0.286. The van der Waals surface area contributed by atoms with E-state index in [9.17, 15) is 17.2 Å². The lowest BCUT2D eigenvalue weighted by Gasteiger charge is -2.07. The predicted octanol–water partition coefficient (Wildman–Crippen LogP) is 3.02. The Balaban J connectivity index is 3.46. The van der Waals surface area contributed by atoms with Gasteiger partial charge in [-0.05, 0) is 28.9 Å². The average molecular weight is 321 g/mol. The standard InChI is InChI=1S/C7H5BrClF2NO2S/c1-3-5(15(9,13)14)2-4(8)6(12-3)7(10)11/h2,7H,1H3. The van der Waals surface area contributed by atoms with Crippen LogP contribution in [0, 0.1) is 6.92 Å². The molecule has 84 valence electrons. The molecule has 0 fully saturated rings. The van der Waals surface area contributed by atoms with Crippen LogP contribution in [-0.4, -0.2) is 13.4 Å². The second-order valence-electron chi connectivity index (χ2n) is 2.68. The van der Waals surface area contributed by atoms with E-state index in [4.69, 9.17) is 10.7 Å². The Morgan fingerprint density at radius 3 is 2.47 bits per heavy atom. The van der Waals surface area contributed by atoms with Crippen molar-refractivity contribution < 1.29 is 17.2 Å². The molecule has 0 atom stereocenters. The lowest BCUT2D eigenvalue weighted by molar-refractivity contribution is 0.145. The summed E-state index contributed by atoms with van der Waals surface area (Å²) in [6, 6.07) is 1.02. The van der Waals surface area contributed by atoms with Crippen LogP contribution in [-0.2, 0) is 9.05 Å². The molecule has 0 aliphatic carbocycles. The Hall–Kier alpha value is -0.270. The first-order chi connectivity index (χ1) is 6.73. The molecule has 0 aromatic carbocycles. The number of alkyl halides is 2. The minimum atomic E-state index is -3.96. The van der Waals surface area contributed by atoms with E-state index < -0.39 is 21.2 Å². The van der Waals surface area contributed by atoms with E-state index in [2.05, 4.69) is 20.9 Å². The van der Waals surface area contributed by atoms with Gasteiger partial charge in [-0.25, -0.2) is 22.2 Å². The number of halogens is 4. The van der Waals surface area contributed by atoms with E-state index in [0.29, 0.717) is 0 Å². The van der Waals surface area contributed by atoms with Crippen LogP contribution in [0.25, 0.3) is 0 Å².